The zero-order valence-electron chi connectivity index (χ0n) is 16.2. The summed E-state index contributed by atoms with van der Waals surface area (Å²) in [4.78, 5) is 28.6. The highest BCUT2D eigenvalue weighted by atomic mass is 32.1. The molecule has 29 heavy (non-hydrogen) atoms. The molecule has 1 aromatic heterocycles. The number of anilines is 1. The summed E-state index contributed by atoms with van der Waals surface area (Å²) in [5.74, 6) is 0.290. The molecule has 0 aliphatic rings. The van der Waals surface area contributed by atoms with Gasteiger partial charge in [-0.15, -0.1) is 11.3 Å². The van der Waals surface area contributed by atoms with E-state index in [0.717, 1.165) is 11.1 Å². The smallest absolute Gasteiger partial charge is 0.338 e. The van der Waals surface area contributed by atoms with Crippen molar-refractivity contribution in [2.24, 2.45) is 0 Å². The lowest BCUT2D eigenvalue weighted by Crippen LogP contribution is -2.20. The van der Waals surface area contributed by atoms with Gasteiger partial charge < -0.3 is 14.2 Å². The summed E-state index contributed by atoms with van der Waals surface area (Å²) >= 11 is 1.26. The first kappa shape index (κ1) is 20.3. The van der Waals surface area contributed by atoms with Crippen molar-refractivity contribution in [1.82, 2.24) is 4.98 Å². The molecule has 0 radical (unpaired) electrons. The fourth-order valence-electron chi connectivity index (χ4n) is 2.61. The van der Waals surface area contributed by atoms with Gasteiger partial charge in [0.05, 0.1) is 25.5 Å². The van der Waals surface area contributed by atoms with Crippen molar-refractivity contribution >= 4 is 28.3 Å². The second-order valence-electron chi connectivity index (χ2n) is 6.10. The Kier molecular flexibility index (Phi) is 6.46. The number of benzene rings is 2. The Labute approximate surface area is 172 Å². The molecule has 1 N–H and O–H groups in total. The van der Waals surface area contributed by atoms with E-state index in [1.807, 2.05) is 19.1 Å². The van der Waals surface area contributed by atoms with Crippen molar-refractivity contribution in [2.75, 3.05) is 26.1 Å². The number of methoxy groups -OCH3 is 2. The maximum absolute atomic E-state index is 12.1. The molecule has 0 aliphatic carbocycles. The topological polar surface area (TPSA) is 86.8 Å². The number of hydrogen-bond donors (Lipinski definition) is 1. The number of amides is 1. The Bertz CT molecular complexity index is 1030. The van der Waals surface area contributed by atoms with Gasteiger partial charge in [0.2, 0.25) is 0 Å². The number of hydrogen-bond acceptors (Lipinski definition) is 7. The molecule has 1 amide bonds. The first-order valence-corrected chi connectivity index (χ1v) is 9.59. The van der Waals surface area contributed by atoms with Crippen molar-refractivity contribution < 1.29 is 23.8 Å². The van der Waals surface area contributed by atoms with Gasteiger partial charge in [0.1, 0.15) is 11.5 Å². The molecular weight excluding hydrogens is 392 g/mol. The molecule has 0 unspecified atom stereocenters. The maximum Gasteiger partial charge on any atom is 0.338 e. The first-order chi connectivity index (χ1) is 14.0. The largest absolute Gasteiger partial charge is 0.497 e. The maximum atomic E-state index is 12.1. The van der Waals surface area contributed by atoms with Crippen LogP contribution in [0.2, 0.25) is 0 Å². The highest BCUT2D eigenvalue weighted by molar-refractivity contribution is 7.14. The van der Waals surface area contributed by atoms with Crippen LogP contribution in [0.15, 0.2) is 47.8 Å². The van der Waals surface area contributed by atoms with Crippen LogP contribution in [-0.2, 0) is 9.53 Å². The highest BCUT2D eigenvalue weighted by Gasteiger charge is 2.14. The normalized spacial score (nSPS) is 10.3. The van der Waals surface area contributed by atoms with Crippen molar-refractivity contribution in [3.05, 3.63) is 59.0 Å². The van der Waals surface area contributed by atoms with Gasteiger partial charge in [-0.2, -0.15) is 0 Å². The number of nitrogens with zero attached hydrogens (tertiary/aromatic N) is 1. The van der Waals surface area contributed by atoms with Gasteiger partial charge in [-0.3, -0.25) is 10.1 Å². The molecule has 8 heteroatoms. The van der Waals surface area contributed by atoms with E-state index >= 15 is 0 Å². The molecule has 7 nitrogen and oxygen atoms in total. The minimum Gasteiger partial charge on any atom is -0.497 e. The van der Waals surface area contributed by atoms with Crippen LogP contribution < -0.4 is 14.8 Å². The lowest BCUT2D eigenvalue weighted by Gasteiger charge is -2.08. The SMILES string of the molecule is COc1ccc(OC)c(-c2csc(NC(=O)COC(=O)c3cccc(C)c3)n2)c1. The van der Waals surface area contributed by atoms with Gasteiger partial charge in [0.15, 0.2) is 11.7 Å². The third-order valence-corrected chi connectivity index (χ3v) is 4.78. The second-order valence-corrected chi connectivity index (χ2v) is 6.96. The van der Waals surface area contributed by atoms with Crippen LogP contribution in [0.1, 0.15) is 15.9 Å². The number of carbonyl (C=O) groups excluding carboxylic acids is 2. The first-order valence-electron chi connectivity index (χ1n) is 8.71. The van der Waals surface area contributed by atoms with Crippen LogP contribution >= 0.6 is 11.3 Å². The van der Waals surface area contributed by atoms with Gasteiger partial charge in [0, 0.05) is 10.9 Å². The molecule has 150 valence electrons. The molecule has 0 bridgehead atoms. The molecule has 0 atom stereocenters. The molecule has 2 aromatic carbocycles. The van der Waals surface area contributed by atoms with E-state index in [4.69, 9.17) is 14.2 Å². The zero-order valence-corrected chi connectivity index (χ0v) is 17.0. The minimum absolute atomic E-state index is 0.390. The predicted molar refractivity (Wildman–Crippen MR) is 111 cm³/mol. The number of ether oxygens (including phenoxy) is 3. The van der Waals surface area contributed by atoms with Gasteiger partial charge in [-0.1, -0.05) is 17.7 Å². The van der Waals surface area contributed by atoms with E-state index in [-0.39, 0.29) is 0 Å². The van der Waals surface area contributed by atoms with Crippen molar-refractivity contribution in [3.63, 3.8) is 0 Å². The molecule has 0 aliphatic heterocycles. The number of aryl methyl sites for hydroxylation is 1. The predicted octanol–water partition coefficient (Wildman–Crippen LogP) is 3.93. The fraction of sp³-hybridized carbons (Fsp3) is 0.190. The fourth-order valence-corrected chi connectivity index (χ4v) is 3.34. The van der Waals surface area contributed by atoms with E-state index in [9.17, 15) is 9.59 Å². The van der Waals surface area contributed by atoms with Gasteiger partial charge in [-0.25, -0.2) is 9.78 Å². The monoisotopic (exact) mass is 412 g/mol. The van der Waals surface area contributed by atoms with Crippen LogP contribution in [0.25, 0.3) is 11.3 Å². The summed E-state index contributed by atoms with van der Waals surface area (Å²) < 4.78 is 15.7. The van der Waals surface area contributed by atoms with Crippen molar-refractivity contribution in [2.45, 2.75) is 6.92 Å². The van der Waals surface area contributed by atoms with E-state index in [1.54, 1.807) is 49.9 Å². The average Bonchev–Trinajstić information content (AvgIpc) is 3.19. The third kappa shape index (κ3) is 5.11. The summed E-state index contributed by atoms with van der Waals surface area (Å²) in [7, 11) is 3.15. The Morgan fingerprint density at radius 3 is 2.66 bits per heavy atom. The van der Waals surface area contributed by atoms with E-state index in [1.165, 1.54) is 11.3 Å². The number of carbonyl (C=O) groups is 2. The second kappa shape index (κ2) is 9.20. The lowest BCUT2D eigenvalue weighted by atomic mass is 10.1. The number of aromatic nitrogens is 1. The number of nitrogens with one attached hydrogen (secondary N) is 1. The van der Waals surface area contributed by atoms with E-state index < -0.39 is 18.5 Å². The van der Waals surface area contributed by atoms with E-state index in [0.29, 0.717) is 27.9 Å². The zero-order chi connectivity index (χ0) is 20.8. The van der Waals surface area contributed by atoms with Crippen LogP contribution in [-0.4, -0.2) is 37.7 Å². The molecule has 0 spiro atoms. The molecule has 0 saturated carbocycles. The van der Waals surface area contributed by atoms with Gasteiger partial charge >= 0.3 is 5.97 Å². The molecule has 1 heterocycles. The van der Waals surface area contributed by atoms with Gasteiger partial charge in [0.25, 0.3) is 5.91 Å². The Hall–Kier alpha value is -3.39. The summed E-state index contributed by atoms with van der Waals surface area (Å²) in [5.41, 5.74) is 2.72. The summed E-state index contributed by atoms with van der Waals surface area (Å²) in [6.07, 6.45) is 0. The number of thiazole rings is 1. The van der Waals surface area contributed by atoms with E-state index in [2.05, 4.69) is 10.3 Å². The molecule has 3 rings (SSSR count). The summed E-state index contributed by atoms with van der Waals surface area (Å²) in [6.45, 7) is 1.48. The van der Waals surface area contributed by atoms with Crippen LogP contribution in [0.5, 0.6) is 11.5 Å². The molecular formula is C21H20N2O5S. The third-order valence-electron chi connectivity index (χ3n) is 4.02. The summed E-state index contributed by atoms with van der Waals surface area (Å²) in [6, 6.07) is 12.4. The minimum atomic E-state index is -0.551. The average molecular weight is 412 g/mol. The number of rotatable bonds is 7. The van der Waals surface area contributed by atoms with Crippen LogP contribution in [0.3, 0.4) is 0 Å². The van der Waals surface area contributed by atoms with Crippen molar-refractivity contribution in [1.29, 1.82) is 0 Å². The molecule has 0 saturated heterocycles. The Morgan fingerprint density at radius 1 is 1.10 bits per heavy atom. The quantitative estimate of drug-likeness (QED) is 0.592. The Morgan fingerprint density at radius 2 is 1.93 bits per heavy atom. The van der Waals surface area contributed by atoms with Crippen LogP contribution in [0.4, 0.5) is 5.13 Å². The lowest BCUT2D eigenvalue weighted by molar-refractivity contribution is -0.119. The molecule has 3 aromatic rings. The van der Waals surface area contributed by atoms with Crippen LogP contribution in [0, 0.1) is 6.92 Å². The number of esters is 1. The molecule has 0 fully saturated rings. The Balaban J connectivity index is 1.63. The highest BCUT2D eigenvalue weighted by Crippen LogP contribution is 2.34. The van der Waals surface area contributed by atoms with Gasteiger partial charge in [-0.05, 0) is 37.3 Å². The standard InChI is InChI=1S/C21H20N2O5S/c1-13-5-4-6-14(9-13)20(25)28-11-19(24)23-21-22-17(12-29-21)16-10-15(26-2)7-8-18(16)27-3/h4-10,12H,11H2,1-3H3,(H,22,23,24). The summed E-state index contributed by atoms with van der Waals surface area (Å²) in [5, 5.41) is 4.82. The van der Waals surface area contributed by atoms with Crippen molar-refractivity contribution in [3.8, 4) is 22.8 Å².